The van der Waals surface area contributed by atoms with E-state index in [1.54, 1.807) is 20.9 Å². The molecule has 0 aliphatic heterocycles. The van der Waals surface area contributed by atoms with Crippen molar-refractivity contribution < 1.29 is 14.4 Å². The zero-order chi connectivity index (χ0) is 8.69. The Morgan fingerprint density at radius 1 is 1.64 bits per heavy atom. The maximum Gasteiger partial charge on any atom is 0.533 e. The summed E-state index contributed by atoms with van der Waals surface area (Å²) in [5, 5.41) is 0. The molecule has 1 N–H and O–H groups in total. The van der Waals surface area contributed by atoms with E-state index in [1.165, 1.54) is 0 Å². The van der Waals surface area contributed by atoms with Crippen LogP contribution < -0.4 is 5.48 Å². The van der Waals surface area contributed by atoms with Gasteiger partial charge in [-0.3, -0.25) is 4.99 Å². The van der Waals surface area contributed by atoms with Gasteiger partial charge in [0.1, 0.15) is 5.84 Å². The second-order valence-corrected chi connectivity index (χ2v) is 1.70. The van der Waals surface area contributed by atoms with E-state index < -0.39 is 6.16 Å². The minimum Gasteiger partial charge on any atom is -0.433 e. The van der Waals surface area contributed by atoms with Gasteiger partial charge in [0.05, 0.1) is 6.61 Å². The molecule has 0 amide bonds. The third-order valence-corrected chi connectivity index (χ3v) is 0.880. The van der Waals surface area contributed by atoms with Crippen LogP contribution in [0.1, 0.15) is 13.8 Å². The molecule has 11 heavy (non-hydrogen) atoms. The number of hydroxylamine groups is 1. The first-order valence-corrected chi connectivity index (χ1v) is 3.23. The number of nitrogens with zero attached hydrogens (tertiary/aromatic N) is 1. The summed E-state index contributed by atoms with van der Waals surface area (Å²) < 4.78 is 4.46. The molecule has 0 spiro atoms. The first-order chi connectivity index (χ1) is 5.20. The van der Waals surface area contributed by atoms with E-state index in [0.717, 1.165) is 0 Å². The van der Waals surface area contributed by atoms with Crippen LogP contribution in [0.5, 0.6) is 0 Å². The molecule has 5 heteroatoms. The van der Waals surface area contributed by atoms with Gasteiger partial charge in [0, 0.05) is 7.05 Å². The Hall–Kier alpha value is -1.26. The van der Waals surface area contributed by atoms with Crippen molar-refractivity contribution in [2.75, 3.05) is 13.7 Å². The molecule has 5 nitrogen and oxygen atoms in total. The summed E-state index contributed by atoms with van der Waals surface area (Å²) in [5.74, 6) is 0.512. The SMILES string of the molecule is CCOC(=O)ONC(C)=NC. The lowest BCUT2D eigenvalue weighted by Gasteiger charge is -2.03. The number of amidine groups is 1. The van der Waals surface area contributed by atoms with Crippen molar-refractivity contribution in [2.24, 2.45) is 4.99 Å². The molecule has 0 unspecified atom stereocenters. The van der Waals surface area contributed by atoms with E-state index in [9.17, 15) is 4.79 Å². The summed E-state index contributed by atoms with van der Waals surface area (Å²) in [6.45, 7) is 3.66. The average Bonchev–Trinajstić information content (AvgIpc) is 2.01. The minimum atomic E-state index is -0.754. The van der Waals surface area contributed by atoms with Gasteiger partial charge in [0.2, 0.25) is 0 Å². The fourth-order valence-corrected chi connectivity index (χ4v) is 0.308. The zero-order valence-electron chi connectivity index (χ0n) is 6.88. The molecular formula is C6H12N2O3. The van der Waals surface area contributed by atoms with Crippen LogP contribution in [0.4, 0.5) is 4.79 Å². The Bertz CT molecular complexity index is 156. The van der Waals surface area contributed by atoms with Gasteiger partial charge in [-0.2, -0.15) is 0 Å². The highest BCUT2D eigenvalue weighted by atomic mass is 16.8. The summed E-state index contributed by atoms with van der Waals surface area (Å²) in [7, 11) is 1.58. The summed E-state index contributed by atoms with van der Waals surface area (Å²) in [6.07, 6.45) is -0.754. The molecular weight excluding hydrogens is 148 g/mol. The number of aliphatic imine (C=N–C) groups is 1. The highest BCUT2D eigenvalue weighted by Crippen LogP contribution is 1.80. The Morgan fingerprint density at radius 2 is 2.27 bits per heavy atom. The lowest BCUT2D eigenvalue weighted by Crippen LogP contribution is -2.25. The van der Waals surface area contributed by atoms with E-state index >= 15 is 0 Å². The van der Waals surface area contributed by atoms with Crippen LogP contribution in [0.25, 0.3) is 0 Å². The monoisotopic (exact) mass is 160 g/mol. The van der Waals surface area contributed by atoms with Gasteiger partial charge in [-0.05, 0) is 13.8 Å². The molecule has 0 saturated heterocycles. The van der Waals surface area contributed by atoms with E-state index in [-0.39, 0.29) is 0 Å². The molecule has 0 aromatic heterocycles. The van der Waals surface area contributed by atoms with Crippen molar-refractivity contribution >= 4 is 12.0 Å². The second-order valence-electron chi connectivity index (χ2n) is 1.70. The molecule has 0 aliphatic carbocycles. The van der Waals surface area contributed by atoms with E-state index in [4.69, 9.17) is 0 Å². The number of carbonyl (C=O) groups excluding carboxylic acids is 1. The molecule has 0 aromatic carbocycles. The van der Waals surface area contributed by atoms with Crippen molar-refractivity contribution in [1.82, 2.24) is 5.48 Å². The number of carbonyl (C=O) groups is 1. The largest absolute Gasteiger partial charge is 0.533 e. The number of rotatable bonds is 1. The average molecular weight is 160 g/mol. The standard InChI is InChI=1S/C6H12N2O3/c1-4-10-6(9)11-8-5(2)7-3/h4H2,1-3H3,(H,7,8). The first-order valence-electron chi connectivity index (χ1n) is 3.23. The van der Waals surface area contributed by atoms with E-state index in [2.05, 4.69) is 20.0 Å². The summed E-state index contributed by atoms with van der Waals surface area (Å²) >= 11 is 0. The Balaban J connectivity index is 3.46. The van der Waals surface area contributed by atoms with Gasteiger partial charge in [-0.1, -0.05) is 0 Å². The molecule has 0 saturated carbocycles. The predicted octanol–water partition coefficient (Wildman–Crippen LogP) is 0.712. The molecule has 0 rings (SSSR count). The highest BCUT2D eigenvalue weighted by molar-refractivity contribution is 5.79. The predicted molar refractivity (Wildman–Crippen MR) is 40.3 cm³/mol. The van der Waals surface area contributed by atoms with Crippen LogP contribution in [0.3, 0.4) is 0 Å². The summed E-state index contributed by atoms with van der Waals surface area (Å²) in [5.41, 5.74) is 2.29. The van der Waals surface area contributed by atoms with Crippen molar-refractivity contribution in [1.29, 1.82) is 0 Å². The van der Waals surface area contributed by atoms with Gasteiger partial charge in [-0.15, -0.1) is 0 Å². The quantitative estimate of drug-likeness (QED) is 0.265. The normalized spacial score (nSPS) is 10.6. The molecule has 0 radical (unpaired) electrons. The Kier molecular flexibility index (Phi) is 4.89. The van der Waals surface area contributed by atoms with Crippen LogP contribution in [-0.4, -0.2) is 25.6 Å². The first kappa shape index (κ1) is 9.74. The lowest BCUT2D eigenvalue weighted by molar-refractivity contribution is 0.0391. The van der Waals surface area contributed by atoms with E-state index in [1.807, 2.05) is 0 Å². The van der Waals surface area contributed by atoms with Crippen LogP contribution in [0, 0.1) is 0 Å². The number of ether oxygens (including phenoxy) is 1. The molecule has 64 valence electrons. The summed E-state index contributed by atoms with van der Waals surface area (Å²) in [4.78, 5) is 18.6. The van der Waals surface area contributed by atoms with Crippen molar-refractivity contribution in [2.45, 2.75) is 13.8 Å². The van der Waals surface area contributed by atoms with Crippen LogP contribution >= 0.6 is 0 Å². The lowest BCUT2D eigenvalue weighted by atomic mass is 10.7. The third kappa shape index (κ3) is 5.20. The molecule has 0 fully saturated rings. The van der Waals surface area contributed by atoms with Crippen LogP contribution in [0.2, 0.25) is 0 Å². The van der Waals surface area contributed by atoms with Gasteiger partial charge in [0.15, 0.2) is 0 Å². The molecule has 0 atom stereocenters. The molecule has 0 aliphatic rings. The van der Waals surface area contributed by atoms with Gasteiger partial charge in [-0.25, -0.2) is 10.3 Å². The molecule has 0 aromatic rings. The van der Waals surface area contributed by atoms with Crippen LogP contribution in [0.15, 0.2) is 4.99 Å². The maximum atomic E-state index is 10.5. The highest BCUT2D eigenvalue weighted by Gasteiger charge is 2.00. The maximum absolute atomic E-state index is 10.5. The molecule has 0 heterocycles. The topological polar surface area (TPSA) is 59.9 Å². The molecule has 0 bridgehead atoms. The van der Waals surface area contributed by atoms with Gasteiger partial charge >= 0.3 is 6.16 Å². The Labute approximate surface area is 65.4 Å². The van der Waals surface area contributed by atoms with Gasteiger partial charge < -0.3 is 9.57 Å². The van der Waals surface area contributed by atoms with Gasteiger partial charge in [0.25, 0.3) is 0 Å². The minimum absolute atomic E-state index is 0.294. The van der Waals surface area contributed by atoms with Crippen molar-refractivity contribution in [3.63, 3.8) is 0 Å². The number of hydrogen-bond acceptors (Lipinski definition) is 4. The second kappa shape index (κ2) is 5.52. The fraction of sp³-hybridized carbons (Fsp3) is 0.667. The summed E-state index contributed by atoms with van der Waals surface area (Å²) in [6, 6.07) is 0. The van der Waals surface area contributed by atoms with E-state index in [0.29, 0.717) is 12.4 Å². The fourth-order valence-electron chi connectivity index (χ4n) is 0.308. The number of nitrogens with one attached hydrogen (secondary N) is 1. The van der Waals surface area contributed by atoms with Crippen molar-refractivity contribution in [3.8, 4) is 0 Å². The smallest absolute Gasteiger partial charge is 0.433 e. The zero-order valence-corrected chi connectivity index (χ0v) is 6.88. The van der Waals surface area contributed by atoms with Crippen LogP contribution in [-0.2, 0) is 9.57 Å². The van der Waals surface area contributed by atoms with Crippen molar-refractivity contribution in [3.05, 3.63) is 0 Å². The Morgan fingerprint density at radius 3 is 2.73 bits per heavy atom. The number of hydrogen-bond donors (Lipinski definition) is 1. The third-order valence-electron chi connectivity index (χ3n) is 0.880.